The SMILES string of the molecule is CC12CCC(O)CC13C=CC1(C(C(=O)C4CCCCC4)=C3)C2CCC2(C)C1CCC2(O)CN(CCc1cccs1)C(=O)Oc1ccc2ccccc2c1. The number of ketones is 1. The molecule has 4 saturated carbocycles. The molecule has 7 aliphatic carbocycles. The summed E-state index contributed by atoms with van der Waals surface area (Å²) in [5.74, 6) is 1.22. The topological polar surface area (TPSA) is 87.1 Å². The standard InChI is InChI=1S/C46H55NO5S/c1-42-20-16-34(48)28-44(42)23-24-46(37(29-44)40(49)32-10-4-3-5-11-32)38(42)17-21-43(2)39(46)18-22-45(43,51)30-47(25-19-36-13-8-26-53-36)41(50)52-35-15-14-31-9-6-7-12-33(31)27-35/h6-9,12-15,23-24,26-27,29,32,34,38-39,48,51H,3-5,10-11,16-22,25,28,30H2,1-2H3. The zero-order chi connectivity index (χ0) is 36.6. The number of hydrogen-bond donors (Lipinski definition) is 2. The second kappa shape index (κ2) is 12.9. The number of carbonyl (C=O) groups excluding carboxylic acids is 2. The van der Waals surface area contributed by atoms with Crippen LogP contribution in [-0.2, 0) is 11.2 Å². The van der Waals surface area contributed by atoms with Crippen molar-refractivity contribution in [3.05, 3.63) is 88.7 Å². The van der Waals surface area contributed by atoms with E-state index in [9.17, 15) is 19.8 Å². The number of nitrogens with zero attached hydrogens (tertiary/aromatic N) is 1. The van der Waals surface area contributed by atoms with Crippen molar-refractivity contribution in [2.75, 3.05) is 13.1 Å². The molecule has 4 fully saturated rings. The monoisotopic (exact) mass is 733 g/mol. The molecule has 0 radical (unpaired) electrons. The number of ether oxygens (including phenoxy) is 1. The predicted octanol–water partition coefficient (Wildman–Crippen LogP) is 9.69. The number of aliphatic hydroxyl groups excluding tert-OH is 1. The van der Waals surface area contributed by atoms with E-state index >= 15 is 0 Å². The van der Waals surface area contributed by atoms with Crippen LogP contribution in [0.25, 0.3) is 10.8 Å². The lowest BCUT2D eigenvalue weighted by molar-refractivity contribution is -0.178. The summed E-state index contributed by atoms with van der Waals surface area (Å²) in [5, 5.41) is 28.3. The van der Waals surface area contributed by atoms with E-state index in [0.717, 1.165) is 74.1 Å². The first-order valence-corrected chi connectivity index (χ1v) is 21.2. The summed E-state index contributed by atoms with van der Waals surface area (Å²) < 4.78 is 6.10. The van der Waals surface area contributed by atoms with Gasteiger partial charge in [-0.05, 0) is 116 Å². The van der Waals surface area contributed by atoms with Gasteiger partial charge in [-0.25, -0.2) is 4.79 Å². The lowest BCUT2D eigenvalue weighted by Gasteiger charge is -2.71. The van der Waals surface area contributed by atoms with Crippen LogP contribution in [0.2, 0.25) is 0 Å². The molecule has 53 heavy (non-hydrogen) atoms. The maximum absolute atomic E-state index is 14.9. The third kappa shape index (κ3) is 5.38. The van der Waals surface area contributed by atoms with Crippen molar-refractivity contribution < 1.29 is 24.5 Å². The number of hydrogen-bond acceptors (Lipinski definition) is 6. The molecule has 1 aromatic heterocycles. The van der Waals surface area contributed by atoms with Crippen molar-refractivity contribution in [3.63, 3.8) is 0 Å². The lowest BCUT2D eigenvalue weighted by Crippen LogP contribution is -2.67. The van der Waals surface area contributed by atoms with Crippen molar-refractivity contribution in [1.29, 1.82) is 0 Å². The summed E-state index contributed by atoms with van der Waals surface area (Å²) in [7, 11) is 0. The Balaban J connectivity index is 1.06. The van der Waals surface area contributed by atoms with Crippen LogP contribution in [0.5, 0.6) is 5.75 Å². The number of amides is 1. The highest BCUT2D eigenvalue weighted by atomic mass is 32.1. The van der Waals surface area contributed by atoms with E-state index in [4.69, 9.17) is 4.74 Å². The van der Waals surface area contributed by atoms with Crippen LogP contribution < -0.4 is 4.74 Å². The highest BCUT2D eigenvalue weighted by Gasteiger charge is 2.74. The molecule has 1 amide bonds. The molecule has 10 rings (SSSR count). The van der Waals surface area contributed by atoms with Crippen molar-refractivity contribution in [3.8, 4) is 5.75 Å². The van der Waals surface area contributed by atoms with Crippen LogP contribution in [0, 0.1) is 39.4 Å². The zero-order valence-electron chi connectivity index (χ0n) is 31.4. The first-order chi connectivity index (χ1) is 25.5. The van der Waals surface area contributed by atoms with Crippen LogP contribution in [-0.4, -0.2) is 51.8 Å². The third-order valence-electron chi connectivity index (χ3n) is 15.8. The first kappa shape index (κ1) is 35.4. The van der Waals surface area contributed by atoms with E-state index in [2.05, 4.69) is 43.5 Å². The molecule has 2 aromatic carbocycles. The zero-order valence-corrected chi connectivity index (χ0v) is 32.2. The normalized spacial score (nSPS) is 37.4. The van der Waals surface area contributed by atoms with Crippen LogP contribution in [0.4, 0.5) is 4.79 Å². The van der Waals surface area contributed by atoms with Crippen LogP contribution >= 0.6 is 11.3 Å². The molecule has 3 aromatic rings. The number of thiophene rings is 1. The van der Waals surface area contributed by atoms with Gasteiger partial charge in [0.15, 0.2) is 5.78 Å². The molecule has 7 aliphatic rings. The van der Waals surface area contributed by atoms with E-state index in [1.54, 1.807) is 16.2 Å². The van der Waals surface area contributed by atoms with Gasteiger partial charge in [0.25, 0.3) is 0 Å². The predicted molar refractivity (Wildman–Crippen MR) is 210 cm³/mol. The summed E-state index contributed by atoms with van der Waals surface area (Å²) in [6.45, 7) is 5.34. The molecule has 6 nitrogen and oxygen atoms in total. The summed E-state index contributed by atoms with van der Waals surface area (Å²) in [4.78, 5) is 32.1. The average molecular weight is 734 g/mol. The van der Waals surface area contributed by atoms with Gasteiger partial charge in [0.2, 0.25) is 0 Å². The number of rotatable bonds is 8. The summed E-state index contributed by atoms with van der Waals surface area (Å²) in [5.41, 5.74) is -1.52. The minimum atomic E-state index is -1.16. The van der Waals surface area contributed by atoms with Crippen LogP contribution in [0.1, 0.15) is 95.8 Å². The van der Waals surface area contributed by atoms with E-state index in [1.807, 2.05) is 48.5 Å². The van der Waals surface area contributed by atoms with Gasteiger partial charge in [0.05, 0.1) is 18.2 Å². The van der Waals surface area contributed by atoms with E-state index in [-0.39, 0.29) is 41.2 Å². The molecule has 2 N–H and O–H groups in total. The highest BCUT2D eigenvalue weighted by Crippen LogP contribution is 2.78. The average Bonchev–Trinajstić information content (AvgIpc) is 3.78. The van der Waals surface area contributed by atoms with Crippen LogP contribution in [0.15, 0.2) is 83.8 Å². The largest absolute Gasteiger partial charge is 0.415 e. The molecule has 2 spiro atoms. The Bertz CT molecular complexity index is 1960. The van der Waals surface area contributed by atoms with Gasteiger partial charge < -0.3 is 19.8 Å². The summed E-state index contributed by atoms with van der Waals surface area (Å²) in [6, 6.07) is 17.9. The minimum Gasteiger partial charge on any atom is -0.410 e. The van der Waals surface area contributed by atoms with Gasteiger partial charge in [0.1, 0.15) is 5.75 Å². The van der Waals surface area contributed by atoms with E-state index < -0.39 is 22.5 Å². The number of allylic oxidation sites excluding steroid dienone is 4. The maximum Gasteiger partial charge on any atom is 0.415 e. The Morgan fingerprint density at radius 3 is 2.42 bits per heavy atom. The number of fused-ring (bicyclic) bond motifs is 2. The molecule has 2 bridgehead atoms. The van der Waals surface area contributed by atoms with Gasteiger partial charge in [-0.15, -0.1) is 11.3 Å². The second-order valence-electron chi connectivity index (χ2n) is 18.1. The molecule has 0 aliphatic heterocycles. The smallest absolute Gasteiger partial charge is 0.410 e. The molecule has 8 atom stereocenters. The van der Waals surface area contributed by atoms with E-state index in [0.29, 0.717) is 37.3 Å². The Labute approximate surface area is 318 Å². The lowest BCUT2D eigenvalue weighted by atomic mass is 9.32. The minimum absolute atomic E-state index is 0.0556. The highest BCUT2D eigenvalue weighted by molar-refractivity contribution is 7.09. The van der Waals surface area contributed by atoms with Gasteiger partial charge >= 0.3 is 6.09 Å². The quantitative estimate of drug-likeness (QED) is 0.225. The van der Waals surface area contributed by atoms with Crippen molar-refractivity contribution >= 4 is 34.0 Å². The molecule has 0 saturated heterocycles. The molecular formula is C46H55NO5S. The number of carbonyl (C=O) groups is 2. The van der Waals surface area contributed by atoms with Gasteiger partial charge in [-0.1, -0.05) is 87.7 Å². The van der Waals surface area contributed by atoms with Crippen molar-refractivity contribution in [2.24, 2.45) is 39.4 Å². The fourth-order valence-electron chi connectivity index (χ4n) is 12.9. The second-order valence-corrected chi connectivity index (χ2v) is 19.2. The fourth-order valence-corrected chi connectivity index (χ4v) is 13.5. The fraction of sp³-hybridized carbons (Fsp3) is 0.565. The van der Waals surface area contributed by atoms with Gasteiger partial charge in [-0.3, -0.25) is 4.79 Å². The summed E-state index contributed by atoms with van der Waals surface area (Å²) >= 11 is 1.68. The van der Waals surface area contributed by atoms with E-state index in [1.165, 1.54) is 11.3 Å². The molecule has 7 heteroatoms. The van der Waals surface area contributed by atoms with Crippen molar-refractivity contribution in [2.45, 2.75) is 109 Å². The number of Topliss-reactive ketones (excluding diaryl/α,β-unsaturated/α-hetero) is 1. The molecule has 8 unspecified atom stereocenters. The van der Waals surface area contributed by atoms with Crippen LogP contribution in [0.3, 0.4) is 0 Å². The van der Waals surface area contributed by atoms with Gasteiger partial charge in [0, 0.05) is 39.2 Å². The summed E-state index contributed by atoms with van der Waals surface area (Å²) in [6.07, 6.45) is 17.9. The molecular weight excluding hydrogens is 679 g/mol. The third-order valence-corrected chi connectivity index (χ3v) is 16.7. The van der Waals surface area contributed by atoms with Gasteiger partial charge in [-0.2, -0.15) is 0 Å². The Kier molecular flexibility index (Phi) is 8.64. The van der Waals surface area contributed by atoms with Crippen molar-refractivity contribution in [1.82, 2.24) is 4.90 Å². The maximum atomic E-state index is 14.9. The molecule has 1 heterocycles. The Morgan fingerprint density at radius 2 is 1.62 bits per heavy atom. The molecule has 280 valence electrons. The Hall–Kier alpha value is -3.26. The number of benzene rings is 2. The number of aliphatic hydroxyl groups is 2. The first-order valence-electron chi connectivity index (χ1n) is 20.4. The Morgan fingerprint density at radius 1 is 0.868 bits per heavy atom.